The number of sulfonamides is 1. The first kappa shape index (κ1) is 17.7. The number of nitrogens with zero attached hydrogens (tertiary/aromatic N) is 1. The fraction of sp³-hybridized carbons (Fsp3) is 0.235. The Morgan fingerprint density at radius 2 is 1.88 bits per heavy atom. The summed E-state index contributed by atoms with van der Waals surface area (Å²) in [6, 6.07) is 12.2. The van der Waals surface area contributed by atoms with Crippen LogP contribution < -0.4 is 14.3 Å². The van der Waals surface area contributed by atoms with Gasteiger partial charge < -0.3 is 9.30 Å². The zero-order chi connectivity index (χ0) is 18.0. The molecule has 6 nitrogen and oxygen atoms in total. The van der Waals surface area contributed by atoms with Crippen molar-refractivity contribution >= 4 is 31.6 Å². The first-order valence-electron chi connectivity index (χ1n) is 7.65. The molecular formula is C17H18N2O4S2. The highest BCUT2D eigenvalue weighted by Crippen LogP contribution is 2.21. The fourth-order valence-corrected chi connectivity index (χ4v) is 4.38. The van der Waals surface area contributed by atoms with Gasteiger partial charge in [-0.15, -0.1) is 0 Å². The lowest BCUT2D eigenvalue weighted by atomic mass is 10.2. The van der Waals surface area contributed by atoms with Crippen LogP contribution >= 0.6 is 11.3 Å². The Labute approximate surface area is 149 Å². The number of ether oxygens (including phenoxy) is 1. The molecule has 2 aromatic carbocycles. The molecule has 0 radical (unpaired) electrons. The standard InChI is InChI=1S/C17H18N2O4S2/c1-12-3-5-13(6-4-12)23-10-9-18-25(21,22)14-7-8-15-16(11-14)24-17(20)19(15)2/h3-8,11,18H,9-10H2,1-2H3. The summed E-state index contributed by atoms with van der Waals surface area (Å²) in [6.07, 6.45) is 0. The smallest absolute Gasteiger partial charge is 0.307 e. The van der Waals surface area contributed by atoms with Crippen LogP contribution in [-0.4, -0.2) is 26.1 Å². The second kappa shape index (κ2) is 6.99. The molecule has 25 heavy (non-hydrogen) atoms. The minimum absolute atomic E-state index is 0.121. The number of hydrogen-bond acceptors (Lipinski definition) is 5. The molecule has 0 aliphatic carbocycles. The van der Waals surface area contributed by atoms with Gasteiger partial charge in [-0.1, -0.05) is 29.0 Å². The second-order valence-electron chi connectivity index (χ2n) is 5.62. The van der Waals surface area contributed by atoms with Gasteiger partial charge in [0.2, 0.25) is 10.0 Å². The average molecular weight is 378 g/mol. The molecule has 0 spiro atoms. The summed E-state index contributed by atoms with van der Waals surface area (Å²) in [5.41, 5.74) is 1.85. The SMILES string of the molecule is Cc1ccc(OCCNS(=O)(=O)c2ccc3c(c2)sc(=O)n3C)cc1. The summed E-state index contributed by atoms with van der Waals surface area (Å²) in [5, 5.41) is 0. The molecule has 1 N–H and O–H groups in total. The number of aromatic nitrogens is 1. The second-order valence-corrected chi connectivity index (χ2v) is 8.38. The number of nitrogens with one attached hydrogen (secondary N) is 1. The Morgan fingerprint density at radius 1 is 1.16 bits per heavy atom. The molecule has 132 valence electrons. The molecule has 0 aliphatic heterocycles. The van der Waals surface area contributed by atoms with E-state index in [0.29, 0.717) is 10.4 Å². The summed E-state index contributed by atoms with van der Waals surface area (Å²) in [5.74, 6) is 0.695. The van der Waals surface area contributed by atoms with Crippen LogP contribution in [0.5, 0.6) is 5.75 Å². The first-order chi connectivity index (χ1) is 11.9. The number of rotatable bonds is 6. The average Bonchev–Trinajstić information content (AvgIpc) is 2.87. The molecule has 3 rings (SSSR count). The van der Waals surface area contributed by atoms with Crippen LogP contribution in [0.3, 0.4) is 0 Å². The van der Waals surface area contributed by atoms with Gasteiger partial charge in [-0.05, 0) is 37.3 Å². The first-order valence-corrected chi connectivity index (χ1v) is 9.95. The summed E-state index contributed by atoms with van der Waals surface area (Å²) in [6.45, 7) is 2.36. The Kier molecular flexibility index (Phi) is 4.94. The van der Waals surface area contributed by atoms with E-state index >= 15 is 0 Å². The van der Waals surface area contributed by atoms with Crippen LogP contribution in [0.15, 0.2) is 52.2 Å². The van der Waals surface area contributed by atoms with E-state index in [1.54, 1.807) is 13.1 Å². The molecule has 0 amide bonds. The van der Waals surface area contributed by atoms with Gasteiger partial charge in [0, 0.05) is 13.6 Å². The normalized spacial score (nSPS) is 11.8. The van der Waals surface area contributed by atoms with E-state index in [1.807, 2.05) is 31.2 Å². The zero-order valence-electron chi connectivity index (χ0n) is 13.9. The molecule has 0 bridgehead atoms. The molecule has 1 aromatic heterocycles. The van der Waals surface area contributed by atoms with Crippen molar-refractivity contribution in [2.24, 2.45) is 7.05 Å². The Hall–Kier alpha value is -2.16. The van der Waals surface area contributed by atoms with Crippen molar-refractivity contribution < 1.29 is 13.2 Å². The van der Waals surface area contributed by atoms with Gasteiger partial charge in [0.25, 0.3) is 0 Å². The highest BCUT2D eigenvalue weighted by atomic mass is 32.2. The van der Waals surface area contributed by atoms with Crippen molar-refractivity contribution in [2.45, 2.75) is 11.8 Å². The summed E-state index contributed by atoms with van der Waals surface area (Å²) < 4.78 is 34.9. The van der Waals surface area contributed by atoms with Gasteiger partial charge in [0.05, 0.1) is 15.1 Å². The van der Waals surface area contributed by atoms with Crippen LogP contribution in [0.1, 0.15) is 5.56 Å². The van der Waals surface area contributed by atoms with Crippen LogP contribution in [0.4, 0.5) is 0 Å². The Balaban J connectivity index is 1.65. The van der Waals surface area contributed by atoms with E-state index in [0.717, 1.165) is 22.4 Å². The van der Waals surface area contributed by atoms with E-state index in [-0.39, 0.29) is 22.9 Å². The molecule has 0 saturated heterocycles. The maximum atomic E-state index is 12.4. The van der Waals surface area contributed by atoms with E-state index < -0.39 is 10.0 Å². The lowest BCUT2D eigenvalue weighted by Crippen LogP contribution is -2.28. The van der Waals surface area contributed by atoms with Gasteiger partial charge in [-0.3, -0.25) is 4.79 Å². The van der Waals surface area contributed by atoms with Crippen molar-refractivity contribution in [3.05, 3.63) is 57.7 Å². The molecule has 0 saturated carbocycles. The van der Waals surface area contributed by atoms with Crippen molar-refractivity contribution in [3.8, 4) is 5.75 Å². The summed E-state index contributed by atoms with van der Waals surface area (Å²) >= 11 is 1.03. The molecule has 8 heteroatoms. The predicted molar refractivity (Wildman–Crippen MR) is 98.9 cm³/mol. The van der Waals surface area contributed by atoms with Gasteiger partial charge >= 0.3 is 4.87 Å². The highest BCUT2D eigenvalue weighted by Gasteiger charge is 2.15. The number of fused-ring (bicyclic) bond motifs is 1. The maximum absolute atomic E-state index is 12.4. The Morgan fingerprint density at radius 3 is 2.60 bits per heavy atom. The number of thiazole rings is 1. The third-order valence-corrected chi connectivity index (χ3v) is 6.21. The van der Waals surface area contributed by atoms with E-state index in [9.17, 15) is 13.2 Å². The zero-order valence-corrected chi connectivity index (χ0v) is 15.5. The lowest BCUT2D eigenvalue weighted by Gasteiger charge is -2.09. The fourth-order valence-electron chi connectivity index (χ4n) is 2.34. The molecule has 1 heterocycles. The third-order valence-electron chi connectivity index (χ3n) is 3.76. The molecule has 0 fully saturated rings. The Bertz CT molecular complexity index is 1050. The number of benzene rings is 2. The van der Waals surface area contributed by atoms with Crippen molar-refractivity contribution in [1.29, 1.82) is 0 Å². The predicted octanol–water partition coefficient (Wildman–Crippen LogP) is 2.27. The van der Waals surface area contributed by atoms with Gasteiger partial charge in [-0.2, -0.15) is 0 Å². The van der Waals surface area contributed by atoms with Gasteiger partial charge in [0.1, 0.15) is 12.4 Å². The molecule has 3 aromatic rings. The lowest BCUT2D eigenvalue weighted by molar-refractivity contribution is 0.323. The largest absolute Gasteiger partial charge is 0.492 e. The maximum Gasteiger partial charge on any atom is 0.307 e. The molecule has 0 aliphatic rings. The van der Waals surface area contributed by atoms with E-state index in [1.165, 1.54) is 16.7 Å². The topological polar surface area (TPSA) is 77.4 Å². The van der Waals surface area contributed by atoms with Crippen LogP contribution in [-0.2, 0) is 17.1 Å². The molecule has 0 unspecified atom stereocenters. The van der Waals surface area contributed by atoms with Crippen LogP contribution in [0, 0.1) is 6.92 Å². The third kappa shape index (κ3) is 3.92. The monoisotopic (exact) mass is 378 g/mol. The highest BCUT2D eigenvalue weighted by molar-refractivity contribution is 7.89. The summed E-state index contributed by atoms with van der Waals surface area (Å²) in [4.78, 5) is 11.7. The van der Waals surface area contributed by atoms with Crippen molar-refractivity contribution in [2.75, 3.05) is 13.2 Å². The van der Waals surface area contributed by atoms with Crippen LogP contribution in [0.25, 0.3) is 10.2 Å². The minimum atomic E-state index is -3.65. The minimum Gasteiger partial charge on any atom is -0.492 e. The van der Waals surface area contributed by atoms with Crippen molar-refractivity contribution in [3.63, 3.8) is 0 Å². The van der Waals surface area contributed by atoms with E-state index in [4.69, 9.17) is 4.74 Å². The van der Waals surface area contributed by atoms with E-state index in [2.05, 4.69) is 4.72 Å². The van der Waals surface area contributed by atoms with Crippen LogP contribution in [0.2, 0.25) is 0 Å². The molecular weight excluding hydrogens is 360 g/mol. The molecule has 0 atom stereocenters. The van der Waals surface area contributed by atoms with Gasteiger partial charge in [-0.25, -0.2) is 13.1 Å². The van der Waals surface area contributed by atoms with Crippen molar-refractivity contribution in [1.82, 2.24) is 9.29 Å². The number of hydrogen-bond donors (Lipinski definition) is 1. The quantitative estimate of drug-likeness (QED) is 0.668. The van der Waals surface area contributed by atoms with Gasteiger partial charge in [0.15, 0.2) is 0 Å². The summed E-state index contributed by atoms with van der Waals surface area (Å²) in [7, 11) is -1.99. The number of aryl methyl sites for hydroxylation is 2.